The molecule has 3 nitrogen and oxygen atoms in total. The van der Waals surface area contributed by atoms with Gasteiger partial charge >= 0.3 is 6.03 Å². The van der Waals surface area contributed by atoms with Crippen LogP contribution in [-0.2, 0) is 0 Å². The van der Waals surface area contributed by atoms with Crippen molar-refractivity contribution in [3.63, 3.8) is 0 Å². The molecule has 0 spiro atoms. The van der Waals surface area contributed by atoms with Gasteiger partial charge in [0.25, 0.3) is 0 Å². The summed E-state index contributed by atoms with van der Waals surface area (Å²) in [5.74, 6) is 0.702. The summed E-state index contributed by atoms with van der Waals surface area (Å²) in [5.41, 5.74) is 0. The molecule has 0 aromatic heterocycles. The molecule has 0 aromatic carbocycles. The first-order valence-electron chi connectivity index (χ1n) is 7.20. The maximum Gasteiger partial charge on any atom is 0.317 e. The quantitative estimate of drug-likeness (QED) is 0.785. The van der Waals surface area contributed by atoms with Crippen LogP contribution in [0.15, 0.2) is 0 Å². The second kappa shape index (κ2) is 7.57. The van der Waals surface area contributed by atoms with Gasteiger partial charge in [0.1, 0.15) is 0 Å². The molecule has 100 valence electrons. The largest absolute Gasteiger partial charge is 0.335 e. The van der Waals surface area contributed by atoms with Crippen LogP contribution in [0.25, 0.3) is 0 Å². The smallest absolute Gasteiger partial charge is 0.317 e. The molecule has 3 heteroatoms. The number of hydrogen-bond acceptors (Lipinski definition) is 1. The summed E-state index contributed by atoms with van der Waals surface area (Å²) in [5, 5.41) is 3.23. The van der Waals surface area contributed by atoms with E-state index in [2.05, 4.69) is 19.2 Å². The summed E-state index contributed by atoms with van der Waals surface area (Å²) in [6.07, 6.45) is 8.55. The van der Waals surface area contributed by atoms with E-state index in [1.54, 1.807) is 4.90 Å². The summed E-state index contributed by atoms with van der Waals surface area (Å²) >= 11 is 0. The molecule has 0 aromatic rings. The van der Waals surface area contributed by atoms with E-state index in [0.717, 1.165) is 19.4 Å². The van der Waals surface area contributed by atoms with Crippen LogP contribution in [0.3, 0.4) is 0 Å². The number of carbonyl (C=O) groups is 1. The third-order valence-corrected chi connectivity index (χ3v) is 3.78. The Morgan fingerprint density at radius 3 is 2.59 bits per heavy atom. The van der Waals surface area contributed by atoms with Gasteiger partial charge in [-0.05, 0) is 31.6 Å². The predicted octanol–water partition coefficient (Wildman–Crippen LogP) is 3.40. The first-order chi connectivity index (χ1) is 8.19. The number of nitrogens with zero attached hydrogens (tertiary/aromatic N) is 1. The first-order valence-corrected chi connectivity index (χ1v) is 7.20. The number of urea groups is 1. The molecule has 2 atom stereocenters. The minimum atomic E-state index is 0.111. The molecule has 0 radical (unpaired) electrons. The average Bonchev–Trinajstić information content (AvgIpc) is 2.32. The molecule has 1 aliphatic rings. The van der Waals surface area contributed by atoms with Crippen molar-refractivity contribution in [3.8, 4) is 0 Å². The van der Waals surface area contributed by atoms with Gasteiger partial charge in [-0.25, -0.2) is 4.79 Å². The summed E-state index contributed by atoms with van der Waals surface area (Å²) in [6, 6.07) is 0.523. The van der Waals surface area contributed by atoms with Crippen molar-refractivity contribution < 1.29 is 4.79 Å². The molecule has 2 amide bonds. The highest BCUT2D eigenvalue weighted by Gasteiger charge is 2.26. The normalized spacial score (nSPS) is 24.4. The van der Waals surface area contributed by atoms with Gasteiger partial charge < -0.3 is 10.2 Å². The van der Waals surface area contributed by atoms with Crippen molar-refractivity contribution in [1.29, 1.82) is 0 Å². The summed E-state index contributed by atoms with van der Waals surface area (Å²) < 4.78 is 0. The molecule has 1 fully saturated rings. The van der Waals surface area contributed by atoms with Crippen LogP contribution in [0.5, 0.6) is 0 Å². The van der Waals surface area contributed by atoms with E-state index in [1.807, 2.05) is 7.05 Å². The highest BCUT2D eigenvalue weighted by atomic mass is 16.2. The maximum atomic E-state index is 12.0. The van der Waals surface area contributed by atoms with E-state index in [0.29, 0.717) is 12.0 Å². The molecule has 0 saturated heterocycles. The SMILES string of the molecule is CCCC1CCCCC1NC(=O)N(C)CCC. The van der Waals surface area contributed by atoms with Gasteiger partial charge in [-0.3, -0.25) is 0 Å². The molecule has 0 heterocycles. The van der Waals surface area contributed by atoms with Gasteiger partial charge in [0.05, 0.1) is 0 Å². The van der Waals surface area contributed by atoms with Crippen molar-refractivity contribution in [1.82, 2.24) is 10.2 Å². The molecule has 1 rings (SSSR count). The Kier molecular flexibility index (Phi) is 6.38. The van der Waals surface area contributed by atoms with Crippen molar-refractivity contribution in [2.75, 3.05) is 13.6 Å². The Balaban J connectivity index is 2.43. The first kappa shape index (κ1) is 14.3. The maximum absolute atomic E-state index is 12.0. The van der Waals surface area contributed by atoms with E-state index < -0.39 is 0 Å². The highest BCUT2D eigenvalue weighted by Crippen LogP contribution is 2.28. The summed E-state index contributed by atoms with van der Waals surface area (Å²) in [7, 11) is 1.89. The molecule has 1 N–H and O–H groups in total. The number of amides is 2. The number of carbonyl (C=O) groups excluding carboxylic acids is 1. The van der Waals surface area contributed by atoms with E-state index >= 15 is 0 Å². The Morgan fingerprint density at radius 1 is 1.24 bits per heavy atom. The summed E-state index contributed by atoms with van der Waals surface area (Å²) in [4.78, 5) is 13.8. The van der Waals surface area contributed by atoms with E-state index in [1.165, 1.54) is 32.1 Å². The fourth-order valence-electron chi connectivity index (χ4n) is 2.82. The van der Waals surface area contributed by atoms with Gasteiger partial charge in [-0.15, -0.1) is 0 Å². The average molecular weight is 240 g/mol. The Labute approximate surface area is 106 Å². The van der Waals surface area contributed by atoms with Crippen molar-refractivity contribution >= 4 is 6.03 Å². The molecule has 2 unspecified atom stereocenters. The zero-order valence-electron chi connectivity index (χ0n) is 11.7. The lowest BCUT2D eigenvalue weighted by Gasteiger charge is -2.33. The monoisotopic (exact) mass is 240 g/mol. The fraction of sp³-hybridized carbons (Fsp3) is 0.929. The lowest BCUT2D eigenvalue weighted by atomic mass is 9.82. The van der Waals surface area contributed by atoms with Gasteiger partial charge in [0.15, 0.2) is 0 Å². The van der Waals surface area contributed by atoms with Crippen molar-refractivity contribution in [3.05, 3.63) is 0 Å². The molecule has 17 heavy (non-hydrogen) atoms. The molecule has 0 bridgehead atoms. The second-order valence-corrected chi connectivity index (χ2v) is 5.31. The lowest BCUT2D eigenvalue weighted by Crippen LogP contribution is -2.47. The minimum Gasteiger partial charge on any atom is -0.335 e. The van der Waals surface area contributed by atoms with Crippen molar-refractivity contribution in [2.24, 2.45) is 5.92 Å². The number of nitrogens with one attached hydrogen (secondary N) is 1. The van der Waals surface area contributed by atoms with Gasteiger partial charge in [-0.1, -0.05) is 33.1 Å². The van der Waals surface area contributed by atoms with E-state index in [4.69, 9.17) is 0 Å². The fourth-order valence-corrected chi connectivity index (χ4v) is 2.82. The molecule has 1 saturated carbocycles. The van der Waals surface area contributed by atoms with Crippen LogP contribution in [0.4, 0.5) is 4.79 Å². The van der Waals surface area contributed by atoms with Crippen LogP contribution in [0, 0.1) is 5.92 Å². The minimum absolute atomic E-state index is 0.111. The van der Waals surface area contributed by atoms with E-state index in [9.17, 15) is 4.79 Å². The zero-order valence-corrected chi connectivity index (χ0v) is 11.7. The van der Waals surface area contributed by atoms with Gasteiger partial charge in [-0.2, -0.15) is 0 Å². The van der Waals surface area contributed by atoms with Crippen LogP contribution in [-0.4, -0.2) is 30.6 Å². The lowest BCUT2D eigenvalue weighted by molar-refractivity contribution is 0.186. The number of hydrogen-bond donors (Lipinski definition) is 1. The third kappa shape index (κ3) is 4.57. The molecule has 1 aliphatic carbocycles. The van der Waals surface area contributed by atoms with Gasteiger partial charge in [0, 0.05) is 19.6 Å². The zero-order chi connectivity index (χ0) is 12.7. The molecular formula is C14H28N2O. The highest BCUT2D eigenvalue weighted by molar-refractivity contribution is 5.74. The Hall–Kier alpha value is -0.730. The Bertz CT molecular complexity index is 228. The van der Waals surface area contributed by atoms with Crippen molar-refractivity contribution in [2.45, 2.75) is 64.8 Å². The molecule has 0 aliphatic heterocycles. The Morgan fingerprint density at radius 2 is 1.94 bits per heavy atom. The second-order valence-electron chi connectivity index (χ2n) is 5.31. The van der Waals surface area contributed by atoms with Crippen LogP contribution >= 0.6 is 0 Å². The topological polar surface area (TPSA) is 32.3 Å². The number of rotatable bonds is 5. The predicted molar refractivity (Wildman–Crippen MR) is 72.1 cm³/mol. The summed E-state index contributed by atoms with van der Waals surface area (Å²) in [6.45, 7) is 5.18. The van der Waals surface area contributed by atoms with Gasteiger partial charge in [0.2, 0.25) is 0 Å². The van der Waals surface area contributed by atoms with Crippen LogP contribution < -0.4 is 5.32 Å². The van der Waals surface area contributed by atoms with Crippen LogP contribution in [0.2, 0.25) is 0 Å². The standard InChI is InChI=1S/C14H28N2O/c1-4-8-12-9-6-7-10-13(12)15-14(17)16(3)11-5-2/h12-13H,4-11H2,1-3H3,(H,15,17). The van der Waals surface area contributed by atoms with E-state index in [-0.39, 0.29) is 6.03 Å². The third-order valence-electron chi connectivity index (χ3n) is 3.78. The van der Waals surface area contributed by atoms with Crippen LogP contribution in [0.1, 0.15) is 58.8 Å². The molecular weight excluding hydrogens is 212 g/mol.